The Balaban J connectivity index is 1.86. The van der Waals surface area contributed by atoms with Crippen molar-refractivity contribution in [3.63, 3.8) is 0 Å². The molecule has 2 aromatic rings. The molecule has 0 aliphatic heterocycles. The summed E-state index contributed by atoms with van der Waals surface area (Å²) in [5.74, 6) is 1.77. The van der Waals surface area contributed by atoms with E-state index in [0.29, 0.717) is 6.61 Å². The number of aryl methyl sites for hydroxylation is 1. The molecular weight excluding hydrogens is 328 g/mol. The lowest BCUT2D eigenvalue weighted by Gasteiger charge is -2.08. The van der Waals surface area contributed by atoms with Gasteiger partial charge in [-0.25, -0.2) is 0 Å². The molecule has 0 fully saturated rings. The van der Waals surface area contributed by atoms with Crippen LogP contribution in [0.1, 0.15) is 12.2 Å². The fourth-order valence-electron chi connectivity index (χ4n) is 2.09. The van der Waals surface area contributed by atoms with E-state index >= 15 is 0 Å². The molecule has 7 nitrogen and oxygen atoms in total. The van der Waals surface area contributed by atoms with Crippen molar-refractivity contribution < 1.29 is 14.3 Å². The fraction of sp³-hybridized carbons (Fsp3) is 0.438. The van der Waals surface area contributed by atoms with E-state index in [-0.39, 0.29) is 11.7 Å². The highest BCUT2D eigenvalue weighted by Crippen LogP contribution is 2.19. The molecule has 130 valence electrons. The first-order chi connectivity index (χ1) is 11.6. The molecule has 0 bridgehead atoms. The zero-order chi connectivity index (χ0) is 17.4. The zero-order valence-corrected chi connectivity index (χ0v) is 14.9. The van der Waals surface area contributed by atoms with Crippen LogP contribution in [0.3, 0.4) is 0 Å². The minimum absolute atomic E-state index is 0.0886. The summed E-state index contributed by atoms with van der Waals surface area (Å²) in [6.45, 7) is 3.36. The van der Waals surface area contributed by atoms with Crippen molar-refractivity contribution in [3.8, 4) is 5.75 Å². The molecule has 0 saturated carbocycles. The van der Waals surface area contributed by atoms with Crippen LogP contribution < -0.4 is 10.1 Å². The van der Waals surface area contributed by atoms with Crippen molar-refractivity contribution in [1.29, 1.82) is 0 Å². The number of hydrogen-bond donors (Lipinski definition) is 1. The standard InChI is InChI=1S/C16H22N4O3S/c1-12-18-19-16(20(12)9-4-10-22-2)24-11-15(21)17-13-5-7-14(23-3)8-6-13/h5-8H,4,9-11H2,1-3H3,(H,17,21). The number of hydrogen-bond acceptors (Lipinski definition) is 6. The monoisotopic (exact) mass is 350 g/mol. The average molecular weight is 350 g/mol. The van der Waals surface area contributed by atoms with Crippen LogP contribution in [0.5, 0.6) is 5.75 Å². The van der Waals surface area contributed by atoms with Gasteiger partial charge in [0.1, 0.15) is 11.6 Å². The maximum Gasteiger partial charge on any atom is 0.234 e. The molecule has 0 aliphatic carbocycles. The summed E-state index contributed by atoms with van der Waals surface area (Å²) >= 11 is 1.37. The van der Waals surface area contributed by atoms with Gasteiger partial charge < -0.3 is 19.4 Å². The van der Waals surface area contributed by atoms with Gasteiger partial charge in [-0.3, -0.25) is 4.79 Å². The predicted octanol–water partition coefficient (Wildman–Crippen LogP) is 2.36. The van der Waals surface area contributed by atoms with Crippen molar-refractivity contribution in [2.24, 2.45) is 0 Å². The predicted molar refractivity (Wildman–Crippen MR) is 93.6 cm³/mol. The van der Waals surface area contributed by atoms with Crippen molar-refractivity contribution >= 4 is 23.4 Å². The second-order valence-electron chi connectivity index (χ2n) is 5.09. The van der Waals surface area contributed by atoms with E-state index < -0.39 is 0 Å². The highest BCUT2D eigenvalue weighted by Gasteiger charge is 2.11. The molecular formula is C16H22N4O3S. The summed E-state index contributed by atoms with van der Waals surface area (Å²) < 4.78 is 12.2. The minimum atomic E-state index is -0.0886. The topological polar surface area (TPSA) is 78.3 Å². The van der Waals surface area contributed by atoms with E-state index in [0.717, 1.165) is 35.4 Å². The third-order valence-electron chi connectivity index (χ3n) is 3.34. The van der Waals surface area contributed by atoms with Crippen LogP contribution in [0, 0.1) is 6.92 Å². The molecule has 2 rings (SSSR count). The Bertz CT molecular complexity index is 658. The fourth-order valence-corrected chi connectivity index (χ4v) is 2.90. The maximum absolute atomic E-state index is 12.1. The Kier molecular flexibility index (Phi) is 7.07. The van der Waals surface area contributed by atoms with Crippen LogP contribution in [0.25, 0.3) is 0 Å². The van der Waals surface area contributed by atoms with Gasteiger partial charge in [0, 0.05) is 25.9 Å². The van der Waals surface area contributed by atoms with Gasteiger partial charge in [0.2, 0.25) is 5.91 Å². The van der Waals surface area contributed by atoms with Crippen LogP contribution in [0.4, 0.5) is 5.69 Å². The average Bonchev–Trinajstić information content (AvgIpc) is 2.94. The van der Waals surface area contributed by atoms with Crippen molar-refractivity contribution in [1.82, 2.24) is 14.8 Å². The van der Waals surface area contributed by atoms with E-state index in [4.69, 9.17) is 9.47 Å². The van der Waals surface area contributed by atoms with E-state index in [1.807, 2.05) is 11.5 Å². The molecule has 1 heterocycles. The number of rotatable bonds is 9. The molecule has 0 atom stereocenters. The number of carbonyl (C=O) groups excluding carboxylic acids is 1. The summed E-state index contributed by atoms with van der Waals surface area (Å²) in [7, 11) is 3.28. The van der Waals surface area contributed by atoms with Gasteiger partial charge in [0.15, 0.2) is 5.16 Å². The number of aromatic nitrogens is 3. The van der Waals surface area contributed by atoms with Gasteiger partial charge in [-0.15, -0.1) is 10.2 Å². The van der Waals surface area contributed by atoms with Crippen molar-refractivity contribution in [3.05, 3.63) is 30.1 Å². The summed E-state index contributed by atoms with van der Waals surface area (Å²) in [6.07, 6.45) is 0.876. The SMILES string of the molecule is COCCCn1c(C)nnc1SCC(=O)Nc1ccc(OC)cc1. The number of methoxy groups -OCH3 is 2. The van der Waals surface area contributed by atoms with Crippen molar-refractivity contribution in [2.45, 2.75) is 25.0 Å². The molecule has 8 heteroatoms. The molecule has 1 aromatic heterocycles. The first kappa shape index (κ1) is 18.3. The zero-order valence-electron chi connectivity index (χ0n) is 14.1. The number of nitrogens with one attached hydrogen (secondary N) is 1. The van der Waals surface area contributed by atoms with E-state index in [2.05, 4.69) is 15.5 Å². The smallest absolute Gasteiger partial charge is 0.234 e. The second kappa shape index (κ2) is 9.29. The van der Waals surface area contributed by atoms with E-state index in [9.17, 15) is 4.79 Å². The van der Waals surface area contributed by atoms with Crippen LogP contribution in [0.15, 0.2) is 29.4 Å². The van der Waals surface area contributed by atoms with E-state index in [1.165, 1.54) is 11.8 Å². The normalized spacial score (nSPS) is 10.6. The minimum Gasteiger partial charge on any atom is -0.497 e. The molecule has 0 aliphatic rings. The third kappa shape index (κ3) is 5.24. The molecule has 1 aromatic carbocycles. The highest BCUT2D eigenvalue weighted by atomic mass is 32.2. The van der Waals surface area contributed by atoms with Gasteiger partial charge in [0.05, 0.1) is 12.9 Å². The van der Waals surface area contributed by atoms with Crippen molar-refractivity contribution in [2.75, 3.05) is 31.9 Å². The first-order valence-corrected chi connectivity index (χ1v) is 8.58. The number of anilines is 1. The lowest BCUT2D eigenvalue weighted by molar-refractivity contribution is -0.113. The quantitative estimate of drug-likeness (QED) is 0.552. The summed E-state index contributed by atoms with van der Waals surface area (Å²) in [5, 5.41) is 11.8. The molecule has 0 radical (unpaired) electrons. The number of nitrogens with zero attached hydrogens (tertiary/aromatic N) is 3. The highest BCUT2D eigenvalue weighted by molar-refractivity contribution is 7.99. The summed E-state index contributed by atoms with van der Waals surface area (Å²) in [6, 6.07) is 7.22. The van der Waals surface area contributed by atoms with Gasteiger partial charge in [-0.05, 0) is 37.6 Å². The Morgan fingerprint density at radius 2 is 2.00 bits per heavy atom. The van der Waals surface area contributed by atoms with Crippen LogP contribution in [-0.2, 0) is 16.1 Å². The Morgan fingerprint density at radius 3 is 2.67 bits per heavy atom. The number of ether oxygens (including phenoxy) is 2. The van der Waals surface area contributed by atoms with Gasteiger partial charge in [-0.2, -0.15) is 0 Å². The maximum atomic E-state index is 12.1. The largest absolute Gasteiger partial charge is 0.497 e. The molecule has 0 spiro atoms. The number of carbonyl (C=O) groups is 1. The van der Waals surface area contributed by atoms with Crippen LogP contribution in [-0.4, -0.2) is 47.3 Å². The first-order valence-electron chi connectivity index (χ1n) is 7.59. The summed E-state index contributed by atoms with van der Waals surface area (Å²) in [5.41, 5.74) is 0.735. The Morgan fingerprint density at radius 1 is 1.25 bits per heavy atom. The molecule has 1 amide bonds. The lowest BCUT2D eigenvalue weighted by atomic mass is 10.3. The third-order valence-corrected chi connectivity index (χ3v) is 4.30. The molecule has 0 unspecified atom stereocenters. The summed E-state index contributed by atoms with van der Waals surface area (Å²) in [4.78, 5) is 12.1. The lowest BCUT2D eigenvalue weighted by Crippen LogP contribution is -2.14. The Hall–Kier alpha value is -2.06. The van der Waals surface area contributed by atoms with Gasteiger partial charge in [-0.1, -0.05) is 11.8 Å². The van der Waals surface area contributed by atoms with Gasteiger partial charge in [0.25, 0.3) is 0 Å². The van der Waals surface area contributed by atoms with E-state index in [1.54, 1.807) is 38.5 Å². The van der Waals surface area contributed by atoms with Gasteiger partial charge >= 0.3 is 0 Å². The number of amides is 1. The number of benzene rings is 1. The Labute approximate surface area is 145 Å². The number of thioether (sulfide) groups is 1. The molecule has 1 N–H and O–H groups in total. The van der Waals surface area contributed by atoms with Crippen LogP contribution in [0.2, 0.25) is 0 Å². The molecule has 0 saturated heterocycles. The van der Waals surface area contributed by atoms with Crippen LogP contribution >= 0.6 is 11.8 Å². The molecule has 24 heavy (non-hydrogen) atoms. The second-order valence-corrected chi connectivity index (χ2v) is 6.04.